The van der Waals surface area contributed by atoms with Gasteiger partial charge in [0, 0.05) is 5.56 Å². The fraction of sp³-hybridized carbons (Fsp3) is 0.360. The predicted molar refractivity (Wildman–Crippen MR) is 123 cm³/mol. The number of para-hydroxylation sites is 1. The normalized spacial score (nSPS) is 22.0. The lowest BCUT2D eigenvalue weighted by Crippen LogP contribution is -2.43. The van der Waals surface area contributed by atoms with Crippen LogP contribution in [0.1, 0.15) is 42.5 Å². The number of hydrogen-bond acceptors (Lipinski definition) is 6. The molecule has 2 aromatic carbocycles. The molecule has 0 spiro atoms. The Labute approximate surface area is 190 Å². The standard InChI is InChI=1S/C25H24N2O4S/c1-31-17-13-11-16(12-14-17)22(28)20-21(15-7-3-2-4-8-15)27(24(30)23(20)29)25-26-18-9-5-6-10-19(18)32-25/h5-6,9-15,20-21H,2-4,7-8H2,1H3. The Bertz CT molecular complexity index is 1150. The largest absolute Gasteiger partial charge is 0.497 e. The molecular formula is C25H24N2O4S. The van der Waals surface area contributed by atoms with Gasteiger partial charge in [-0.25, -0.2) is 4.98 Å². The van der Waals surface area contributed by atoms with Crippen molar-refractivity contribution in [2.24, 2.45) is 11.8 Å². The molecule has 6 nitrogen and oxygen atoms in total. The Balaban J connectivity index is 1.57. The number of carbonyl (C=O) groups is 3. The van der Waals surface area contributed by atoms with Gasteiger partial charge in [-0.15, -0.1) is 0 Å². The van der Waals surface area contributed by atoms with Crippen molar-refractivity contribution in [3.63, 3.8) is 0 Å². The van der Waals surface area contributed by atoms with Crippen molar-refractivity contribution in [1.82, 2.24) is 4.98 Å². The Morgan fingerprint density at radius 2 is 1.75 bits per heavy atom. The molecule has 0 radical (unpaired) electrons. The van der Waals surface area contributed by atoms with Crippen molar-refractivity contribution < 1.29 is 19.1 Å². The molecule has 1 aromatic heterocycles. The summed E-state index contributed by atoms with van der Waals surface area (Å²) in [6.07, 6.45) is 5.03. The second-order valence-electron chi connectivity index (χ2n) is 8.46. The average Bonchev–Trinajstić information content (AvgIpc) is 3.38. The van der Waals surface area contributed by atoms with E-state index >= 15 is 0 Å². The van der Waals surface area contributed by atoms with Gasteiger partial charge in [0.05, 0.1) is 23.4 Å². The molecule has 1 saturated carbocycles. The van der Waals surface area contributed by atoms with Crippen molar-refractivity contribution in [3.05, 3.63) is 54.1 Å². The number of benzene rings is 2. The van der Waals surface area contributed by atoms with E-state index in [0.717, 1.165) is 42.3 Å². The summed E-state index contributed by atoms with van der Waals surface area (Å²) in [6.45, 7) is 0. The lowest BCUT2D eigenvalue weighted by atomic mass is 9.76. The van der Waals surface area contributed by atoms with E-state index in [0.29, 0.717) is 16.4 Å². The molecule has 1 aliphatic carbocycles. The van der Waals surface area contributed by atoms with Crippen molar-refractivity contribution >= 4 is 44.2 Å². The van der Waals surface area contributed by atoms with Crippen LogP contribution in [0.25, 0.3) is 10.2 Å². The molecule has 2 unspecified atom stereocenters. The van der Waals surface area contributed by atoms with Crippen molar-refractivity contribution in [2.75, 3.05) is 12.0 Å². The number of methoxy groups -OCH3 is 1. The van der Waals surface area contributed by atoms with E-state index in [-0.39, 0.29) is 11.7 Å². The van der Waals surface area contributed by atoms with Gasteiger partial charge in [0.1, 0.15) is 11.7 Å². The highest BCUT2D eigenvalue weighted by Crippen LogP contribution is 2.42. The highest BCUT2D eigenvalue weighted by atomic mass is 32.1. The number of Topliss-reactive ketones (excluding diaryl/α,β-unsaturated/α-hetero) is 2. The van der Waals surface area contributed by atoms with Crippen LogP contribution in [0.2, 0.25) is 0 Å². The van der Waals surface area contributed by atoms with Crippen molar-refractivity contribution in [3.8, 4) is 5.75 Å². The Morgan fingerprint density at radius 3 is 2.44 bits per heavy atom. The van der Waals surface area contributed by atoms with Crippen LogP contribution >= 0.6 is 11.3 Å². The van der Waals surface area contributed by atoms with Gasteiger partial charge < -0.3 is 4.74 Å². The lowest BCUT2D eigenvalue weighted by Gasteiger charge is -2.34. The van der Waals surface area contributed by atoms with Crippen LogP contribution in [0.15, 0.2) is 48.5 Å². The van der Waals surface area contributed by atoms with Crippen molar-refractivity contribution in [2.45, 2.75) is 38.1 Å². The van der Waals surface area contributed by atoms with E-state index in [1.54, 1.807) is 31.4 Å². The fourth-order valence-corrected chi connectivity index (χ4v) is 6.04. The molecule has 0 N–H and O–H groups in total. The van der Waals surface area contributed by atoms with Crippen LogP contribution < -0.4 is 9.64 Å². The molecule has 3 aromatic rings. The van der Waals surface area contributed by atoms with Gasteiger partial charge in [-0.3, -0.25) is 19.3 Å². The maximum absolute atomic E-state index is 13.5. The number of ether oxygens (including phenoxy) is 1. The third-order valence-corrected chi connectivity index (χ3v) is 7.67. The van der Waals surface area contributed by atoms with E-state index in [1.807, 2.05) is 24.3 Å². The number of anilines is 1. The number of hydrogen-bond donors (Lipinski definition) is 0. The molecule has 2 aliphatic rings. The summed E-state index contributed by atoms with van der Waals surface area (Å²) >= 11 is 1.40. The summed E-state index contributed by atoms with van der Waals surface area (Å²) in [5.74, 6) is -1.82. The van der Waals surface area contributed by atoms with Gasteiger partial charge in [-0.2, -0.15) is 0 Å². The fourth-order valence-electron chi connectivity index (χ4n) is 5.04. The first-order valence-corrected chi connectivity index (χ1v) is 11.8. The number of thiazole rings is 1. The van der Waals surface area contributed by atoms with Crippen LogP contribution in [-0.4, -0.2) is 35.6 Å². The zero-order valence-corrected chi connectivity index (χ0v) is 18.6. The van der Waals surface area contributed by atoms with Crippen LogP contribution in [-0.2, 0) is 9.59 Å². The van der Waals surface area contributed by atoms with Gasteiger partial charge >= 0.3 is 0 Å². The molecule has 0 bridgehead atoms. The smallest absolute Gasteiger partial charge is 0.297 e. The predicted octanol–water partition coefficient (Wildman–Crippen LogP) is 4.67. The Kier molecular flexibility index (Phi) is 5.51. The molecule has 7 heteroatoms. The third-order valence-electron chi connectivity index (χ3n) is 6.63. The van der Waals surface area contributed by atoms with Crippen LogP contribution in [0, 0.1) is 11.8 Å². The van der Waals surface area contributed by atoms with E-state index < -0.39 is 23.7 Å². The monoisotopic (exact) mass is 448 g/mol. The maximum atomic E-state index is 13.5. The number of carbonyl (C=O) groups excluding carboxylic acids is 3. The molecule has 1 saturated heterocycles. The summed E-state index contributed by atoms with van der Waals surface area (Å²) in [4.78, 5) is 46.2. The summed E-state index contributed by atoms with van der Waals surface area (Å²) in [5, 5.41) is 0.505. The Morgan fingerprint density at radius 1 is 1.03 bits per heavy atom. The van der Waals surface area contributed by atoms with E-state index in [1.165, 1.54) is 16.2 Å². The summed E-state index contributed by atoms with van der Waals surface area (Å²) < 4.78 is 6.14. The van der Waals surface area contributed by atoms with E-state index in [4.69, 9.17) is 4.74 Å². The van der Waals surface area contributed by atoms with Crippen molar-refractivity contribution in [1.29, 1.82) is 0 Å². The van der Waals surface area contributed by atoms with Gasteiger partial charge in [-0.1, -0.05) is 42.7 Å². The zero-order valence-electron chi connectivity index (χ0n) is 17.8. The quantitative estimate of drug-likeness (QED) is 0.322. The number of fused-ring (bicyclic) bond motifs is 1. The molecule has 1 amide bonds. The minimum atomic E-state index is -1.01. The number of nitrogens with zero attached hydrogens (tertiary/aromatic N) is 2. The molecule has 1 aliphatic heterocycles. The topological polar surface area (TPSA) is 76.6 Å². The highest BCUT2D eigenvalue weighted by Gasteiger charge is 2.55. The van der Waals surface area contributed by atoms with Gasteiger partial charge in [0.25, 0.3) is 5.91 Å². The second-order valence-corrected chi connectivity index (χ2v) is 9.47. The molecule has 164 valence electrons. The molecule has 2 heterocycles. The summed E-state index contributed by atoms with van der Waals surface area (Å²) in [6, 6.07) is 13.9. The van der Waals surface area contributed by atoms with Crippen LogP contribution in [0.3, 0.4) is 0 Å². The molecular weight excluding hydrogens is 424 g/mol. The minimum Gasteiger partial charge on any atom is -0.497 e. The first kappa shape index (κ1) is 20.8. The maximum Gasteiger partial charge on any atom is 0.297 e. The van der Waals surface area contributed by atoms with E-state index in [2.05, 4.69) is 4.98 Å². The SMILES string of the molecule is COc1ccc(C(=O)C2C(=O)C(=O)N(c3nc4ccccc4s3)C2C2CCCCC2)cc1. The second kappa shape index (κ2) is 8.47. The van der Waals surface area contributed by atoms with Crippen LogP contribution in [0.4, 0.5) is 5.13 Å². The average molecular weight is 449 g/mol. The Hall–Kier alpha value is -3.06. The summed E-state index contributed by atoms with van der Waals surface area (Å²) in [7, 11) is 1.56. The first-order valence-electron chi connectivity index (χ1n) is 11.0. The third kappa shape index (κ3) is 3.50. The van der Waals surface area contributed by atoms with E-state index in [9.17, 15) is 14.4 Å². The number of amides is 1. The highest BCUT2D eigenvalue weighted by molar-refractivity contribution is 7.22. The number of ketones is 2. The van der Waals surface area contributed by atoms with Gasteiger partial charge in [-0.05, 0) is 55.2 Å². The number of rotatable bonds is 5. The minimum absolute atomic E-state index is 0.0957. The van der Waals surface area contributed by atoms with Gasteiger partial charge in [0.15, 0.2) is 10.9 Å². The molecule has 2 fully saturated rings. The molecule has 2 atom stereocenters. The lowest BCUT2D eigenvalue weighted by molar-refractivity contribution is -0.135. The zero-order chi connectivity index (χ0) is 22.2. The molecule has 32 heavy (non-hydrogen) atoms. The first-order chi connectivity index (χ1) is 15.6. The molecule has 5 rings (SSSR count). The van der Waals surface area contributed by atoms with Crippen LogP contribution in [0.5, 0.6) is 5.75 Å². The van der Waals surface area contributed by atoms with Gasteiger partial charge in [0.2, 0.25) is 5.78 Å². The summed E-state index contributed by atoms with van der Waals surface area (Å²) in [5.41, 5.74) is 1.21. The number of aromatic nitrogens is 1.